The molecule has 5 heteroatoms. The quantitative estimate of drug-likeness (QED) is 0.889. The maximum atomic E-state index is 11.1. The van der Waals surface area contributed by atoms with Crippen LogP contribution >= 0.6 is 0 Å². The van der Waals surface area contributed by atoms with Gasteiger partial charge in [-0.3, -0.25) is 0 Å². The van der Waals surface area contributed by atoms with Crippen molar-refractivity contribution in [3.8, 4) is 11.5 Å². The van der Waals surface area contributed by atoms with Gasteiger partial charge in [0.25, 0.3) is 0 Å². The fourth-order valence-electron chi connectivity index (χ4n) is 1.67. The van der Waals surface area contributed by atoms with Gasteiger partial charge in [-0.25, -0.2) is 8.42 Å². The molecule has 4 nitrogen and oxygen atoms in total. The average Bonchev–Trinajstić information content (AvgIpc) is 2.39. The summed E-state index contributed by atoms with van der Waals surface area (Å²) in [4.78, 5) is 0. The largest absolute Gasteiger partial charge is 0.457 e. The Bertz CT molecular complexity index is 654. The lowest BCUT2D eigenvalue weighted by atomic mass is 10.3. The number of benzene rings is 2. The second kappa shape index (κ2) is 6.43. The molecule has 2 rings (SSSR count). The normalized spacial score (nSPS) is 11.1. The minimum absolute atomic E-state index is 0.108. The summed E-state index contributed by atoms with van der Waals surface area (Å²) in [5.74, 6) is 1.58. The standard InChI is InChI=1S/C15H17NO3S/c1-20(17,18)11-10-16-13-6-5-9-15(12-13)19-14-7-3-2-4-8-14/h2-9,12,16H,10-11H2,1H3. The summed E-state index contributed by atoms with van der Waals surface area (Å²) in [5.41, 5.74) is 0.835. The van der Waals surface area contributed by atoms with Gasteiger partial charge in [-0.15, -0.1) is 0 Å². The van der Waals surface area contributed by atoms with Crippen molar-refractivity contribution < 1.29 is 13.2 Å². The van der Waals surface area contributed by atoms with Crippen molar-refractivity contribution in [1.29, 1.82) is 0 Å². The maximum absolute atomic E-state index is 11.1. The average molecular weight is 291 g/mol. The van der Waals surface area contributed by atoms with Crippen LogP contribution in [-0.2, 0) is 9.84 Å². The van der Waals surface area contributed by atoms with Gasteiger partial charge in [-0.2, -0.15) is 0 Å². The summed E-state index contributed by atoms with van der Waals surface area (Å²) in [5, 5.41) is 3.07. The molecule has 0 aliphatic carbocycles. The molecule has 0 aromatic heterocycles. The molecule has 2 aromatic rings. The molecule has 0 radical (unpaired) electrons. The van der Waals surface area contributed by atoms with Crippen molar-refractivity contribution >= 4 is 15.5 Å². The Hall–Kier alpha value is -2.01. The highest BCUT2D eigenvalue weighted by Crippen LogP contribution is 2.23. The molecule has 0 fully saturated rings. The molecule has 0 amide bonds. The van der Waals surface area contributed by atoms with E-state index in [2.05, 4.69) is 5.32 Å². The number of hydrogen-bond donors (Lipinski definition) is 1. The van der Waals surface area contributed by atoms with Gasteiger partial charge in [0.05, 0.1) is 5.75 Å². The SMILES string of the molecule is CS(=O)(=O)CCNc1cccc(Oc2ccccc2)c1. The Kier molecular flexibility index (Phi) is 4.63. The number of ether oxygens (including phenoxy) is 1. The number of sulfone groups is 1. The van der Waals surface area contributed by atoms with E-state index in [1.54, 1.807) is 0 Å². The molecular formula is C15H17NO3S. The first-order valence-corrected chi connectivity index (χ1v) is 8.33. The van der Waals surface area contributed by atoms with E-state index in [4.69, 9.17) is 4.74 Å². The predicted molar refractivity (Wildman–Crippen MR) is 81.2 cm³/mol. The van der Waals surface area contributed by atoms with Crippen LogP contribution in [0.25, 0.3) is 0 Å². The zero-order valence-electron chi connectivity index (χ0n) is 11.2. The van der Waals surface area contributed by atoms with Crippen molar-refractivity contribution in [3.05, 3.63) is 54.6 Å². The fourth-order valence-corrected chi connectivity index (χ4v) is 2.15. The van der Waals surface area contributed by atoms with Gasteiger partial charge in [-0.05, 0) is 24.3 Å². The second-order valence-corrected chi connectivity index (χ2v) is 6.76. The van der Waals surface area contributed by atoms with Gasteiger partial charge in [0, 0.05) is 24.6 Å². The molecule has 106 valence electrons. The highest BCUT2D eigenvalue weighted by atomic mass is 32.2. The molecule has 2 aromatic carbocycles. The van der Waals surface area contributed by atoms with Crippen LogP contribution in [0, 0.1) is 0 Å². The molecule has 20 heavy (non-hydrogen) atoms. The summed E-state index contributed by atoms with van der Waals surface area (Å²) >= 11 is 0. The molecule has 0 saturated heterocycles. The Morgan fingerprint density at radius 2 is 1.70 bits per heavy atom. The molecule has 0 aliphatic heterocycles. The van der Waals surface area contributed by atoms with E-state index >= 15 is 0 Å². The van der Waals surface area contributed by atoms with Crippen LogP contribution in [0.4, 0.5) is 5.69 Å². The van der Waals surface area contributed by atoms with E-state index in [0.29, 0.717) is 12.3 Å². The lowest BCUT2D eigenvalue weighted by Gasteiger charge is -2.09. The van der Waals surface area contributed by atoms with E-state index in [9.17, 15) is 8.42 Å². The Morgan fingerprint density at radius 3 is 2.40 bits per heavy atom. The molecule has 0 atom stereocenters. The lowest BCUT2D eigenvalue weighted by Crippen LogP contribution is -2.13. The van der Waals surface area contributed by atoms with E-state index in [-0.39, 0.29) is 5.75 Å². The summed E-state index contributed by atoms with van der Waals surface area (Å²) in [6.45, 7) is 0.383. The molecule has 1 N–H and O–H groups in total. The third-order valence-electron chi connectivity index (χ3n) is 2.61. The van der Waals surface area contributed by atoms with Gasteiger partial charge in [0.15, 0.2) is 0 Å². The van der Waals surface area contributed by atoms with Crippen molar-refractivity contribution in [2.75, 3.05) is 23.9 Å². The zero-order valence-corrected chi connectivity index (χ0v) is 12.1. The first kappa shape index (κ1) is 14.4. The fraction of sp³-hybridized carbons (Fsp3) is 0.200. The summed E-state index contributed by atoms with van der Waals surface area (Å²) in [6, 6.07) is 16.9. The third-order valence-corrected chi connectivity index (χ3v) is 3.56. The minimum atomic E-state index is -2.95. The number of rotatable bonds is 6. The molecule has 0 aliphatic rings. The van der Waals surface area contributed by atoms with E-state index in [1.807, 2.05) is 54.6 Å². The van der Waals surface area contributed by atoms with Crippen LogP contribution in [-0.4, -0.2) is 27.0 Å². The number of anilines is 1. The molecule has 0 heterocycles. The van der Waals surface area contributed by atoms with Crippen molar-refractivity contribution in [3.63, 3.8) is 0 Å². The van der Waals surface area contributed by atoms with Crippen LogP contribution < -0.4 is 10.1 Å². The van der Waals surface area contributed by atoms with Crippen LogP contribution in [0.1, 0.15) is 0 Å². The Balaban J connectivity index is 1.97. The van der Waals surface area contributed by atoms with E-state index in [1.165, 1.54) is 6.26 Å². The smallest absolute Gasteiger partial charge is 0.149 e. The molecule has 0 saturated carbocycles. The van der Waals surface area contributed by atoms with Crippen LogP contribution in [0.2, 0.25) is 0 Å². The van der Waals surface area contributed by atoms with E-state index in [0.717, 1.165) is 11.4 Å². The van der Waals surface area contributed by atoms with Crippen LogP contribution in [0.3, 0.4) is 0 Å². The van der Waals surface area contributed by atoms with Crippen molar-refractivity contribution in [1.82, 2.24) is 0 Å². The molecule has 0 spiro atoms. The molecular weight excluding hydrogens is 274 g/mol. The van der Waals surface area contributed by atoms with Crippen LogP contribution in [0.5, 0.6) is 11.5 Å². The van der Waals surface area contributed by atoms with Gasteiger partial charge < -0.3 is 10.1 Å². The topological polar surface area (TPSA) is 55.4 Å². The van der Waals surface area contributed by atoms with Gasteiger partial charge in [-0.1, -0.05) is 24.3 Å². The maximum Gasteiger partial charge on any atom is 0.149 e. The first-order valence-electron chi connectivity index (χ1n) is 6.27. The first-order chi connectivity index (χ1) is 9.53. The van der Waals surface area contributed by atoms with Gasteiger partial charge >= 0.3 is 0 Å². The monoisotopic (exact) mass is 291 g/mol. The molecule has 0 bridgehead atoms. The summed E-state index contributed by atoms with van der Waals surface area (Å²) in [6.07, 6.45) is 1.23. The number of hydrogen-bond acceptors (Lipinski definition) is 4. The lowest BCUT2D eigenvalue weighted by molar-refractivity contribution is 0.483. The Labute approximate surface area is 119 Å². The van der Waals surface area contributed by atoms with Crippen molar-refractivity contribution in [2.45, 2.75) is 0 Å². The number of para-hydroxylation sites is 1. The minimum Gasteiger partial charge on any atom is -0.457 e. The second-order valence-electron chi connectivity index (χ2n) is 4.50. The summed E-state index contributed by atoms with van der Waals surface area (Å²) in [7, 11) is -2.95. The predicted octanol–water partition coefficient (Wildman–Crippen LogP) is 2.94. The third kappa shape index (κ3) is 4.93. The van der Waals surface area contributed by atoms with Crippen molar-refractivity contribution in [2.24, 2.45) is 0 Å². The number of nitrogens with one attached hydrogen (secondary N) is 1. The molecule has 0 unspecified atom stereocenters. The van der Waals surface area contributed by atoms with Gasteiger partial charge in [0.2, 0.25) is 0 Å². The summed E-state index contributed by atoms with van der Waals surface area (Å²) < 4.78 is 27.8. The van der Waals surface area contributed by atoms with Crippen LogP contribution in [0.15, 0.2) is 54.6 Å². The van der Waals surface area contributed by atoms with Gasteiger partial charge in [0.1, 0.15) is 21.3 Å². The zero-order chi connectivity index (χ0) is 14.4. The highest BCUT2D eigenvalue weighted by molar-refractivity contribution is 7.90. The highest BCUT2D eigenvalue weighted by Gasteiger charge is 2.02. The van der Waals surface area contributed by atoms with E-state index < -0.39 is 9.84 Å². The Morgan fingerprint density at radius 1 is 1.00 bits per heavy atom.